The summed E-state index contributed by atoms with van der Waals surface area (Å²) in [6, 6.07) is 12.0. The maximum absolute atomic E-state index is 13.2. The molecule has 1 N–H and O–H groups in total. The summed E-state index contributed by atoms with van der Waals surface area (Å²) in [4.78, 5) is 0. The molecule has 0 bridgehead atoms. The van der Waals surface area contributed by atoms with Crippen molar-refractivity contribution in [1.29, 1.82) is 0 Å². The van der Waals surface area contributed by atoms with E-state index in [4.69, 9.17) is 0 Å². The highest BCUT2D eigenvalue weighted by atomic mass is 19.1. The second-order valence-electron chi connectivity index (χ2n) is 5.81. The molecule has 0 radical (unpaired) electrons. The van der Waals surface area contributed by atoms with E-state index in [2.05, 4.69) is 44.3 Å². The molecule has 2 aromatic carbocycles. The van der Waals surface area contributed by atoms with E-state index in [0.717, 1.165) is 18.5 Å². The van der Waals surface area contributed by atoms with Gasteiger partial charge >= 0.3 is 0 Å². The molecule has 0 aromatic heterocycles. The summed E-state index contributed by atoms with van der Waals surface area (Å²) in [5.41, 5.74) is 6.08. The van der Waals surface area contributed by atoms with Gasteiger partial charge in [0.05, 0.1) is 0 Å². The van der Waals surface area contributed by atoms with Gasteiger partial charge in [0.25, 0.3) is 0 Å². The molecule has 0 aliphatic heterocycles. The molecule has 1 nitrogen and oxygen atoms in total. The summed E-state index contributed by atoms with van der Waals surface area (Å²) in [7, 11) is 0. The SMILES string of the molecule is CCNC(Cc1ccc(F)cc1C)c1cc(C)cc(C)c1. The molecule has 0 amide bonds. The lowest BCUT2D eigenvalue weighted by Crippen LogP contribution is -2.23. The molecule has 2 rings (SSSR count). The van der Waals surface area contributed by atoms with E-state index in [9.17, 15) is 4.39 Å². The minimum atomic E-state index is -0.164. The van der Waals surface area contributed by atoms with Gasteiger partial charge in [0.1, 0.15) is 5.82 Å². The summed E-state index contributed by atoms with van der Waals surface area (Å²) in [6.07, 6.45) is 0.878. The molecule has 0 fully saturated rings. The lowest BCUT2D eigenvalue weighted by Gasteiger charge is -2.21. The number of aryl methyl sites for hydroxylation is 3. The fourth-order valence-electron chi connectivity index (χ4n) is 2.87. The van der Waals surface area contributed by atoms with E-state index < -0.39 is 0 Å². The van der Waals surface area contributed by atoms with E-state index in [1.54, 1.807) is 12.1 Å². The van der Waals surface area contributed by atoms with Crippen molar-refractivity contribution < 1.29 is 4.39 Å². The van der Waals surface area contributed by atoms with E-state index in [0.29, 0.717) is 0 Å². The van der Waals surface area contributed by atoms with Gasteiger partial charge in [-0.05, 0) is 62.6 Å². The molecule has 0 aliphatic carbocycles. The number of nitrogens with one attached hydrogen (secondary N) is 1. The average Bonchev–Trinajstić information content (AvgIpc) is 2.40. The standard InChI is InChI=1S/C19H24FN/c1-5-21-19(17-9-13(2)8-14(3)10-17)12-16-6-7-18(20)11-15(16)4/h6-11,19,21H,5,12H2,1-4H3. The number of hydrogen-bond donors (Lipinski definition) is 1. The molecule has 0 saturated heterocycles. The smallest absolute Gasteiger partial charge is 0.123 e. The average molecular weight is 285 g/mol. The third-order valence-corrected chi connectivity index (χ3v) is 3.83. The molecule has 1 atom stereocenters. The Labute approximate surface area is 127 Å². The number of benzene rings is 2. The summed E-state index contributed by atoms with van der Waals surface area (Å²) >= 11 is 0. The first kappa shape index (κ1) is 15.7. The molecule has 21 heavy (non-hydrogen) atoms. The van der Waals surface area contributed by atoms with Crippen LogP contribution in [0.1, 0.15) is 40.8 Å². The number of hydrogen-bond acceptors (Lipinski definition) is 1. The Kier molecular flexibility index (Phi) is 5.13. The van der Waals surface area contributed by atoms with Crippen LogP contribution in [0.4, 0.5) is 4.39 Å². The lowest BCUT2D eigenvalue weighted by molar-refractivity contribution is 0.547. The van der Waals surface area contributed by atoms with E-state index in [1.807, 2.05) is 13.0 Å². The molecule has 2 heteroatoms. The highest BCUT2D eigenvalue weighted by Crippen LogP contribution is 2.23. The van der Waals surface area contributed by atoms with Gasteiger partial charge in [-0.15, -0.1) is 0 Å². The second kappa shape index (κ2) is 6.86. The van der Waals surface area contributed by atoms with Gasteiger partial charge in [-0.2, -0.15) is 0 Å². The van der Waals surface area contributed by atoms with Gasteiger partial charge in [0, 0.05) is 6.04 Å². The van der Waals surface area contributed by atoms with Crippen LogP contribution in [-0.2, 0) is 6.42 Å². The monoisotopic (exact) mass is 285 g/mol. The first-order valence-corrected chi connectivity index (χ1v) is 7.56. The van der Waals surface area contributed by atoms with Crippen molar-refractivity contribution in [3.8, 4) is 0 Å². The van der Waals surface area contributed by atoms with E-state index in [-0.39, 0.29) is 11.9 Å². The van der Waals surface area contributed by atoms with Crippen molar-refractivity contribution in [1.82, 2.24) is 5.32 Å². The van der Waals surface area contributed by atoms with Crippen LogP contribution >= 0.6 is 0 Å². The predicted octanol–water partition coefficient (Wildman–Crippen LogP) is 4.64. The second-order valence-corrected chi connectivity index (χ2v) is 5.81. The molecular formula is C19H24FN. The van der Waals surface area contributed by atoms with Gasteiger partial charge < -0.3 is 5.32 Å². The van der Waals surface area contributed by atoms with Crippen LogP contribution in [0.25, 0.3) is 0 Å². The molecule has 0 heterocycles. The molecule has 112 valence electrons. The van der Waals surface area contributed by atoms with E-state index in [1.165, 1.54) is 22.3 Å². The first-order valence-electron chi connectivity index (χ1n) is 7.56. The molecule has 0 aliphatic rings. The molecular weight excluding hydrogens is 261 g/mol. The zero-order valence-corrected chi connectivity index (χ0v) is 13.3. The minimum Gasteiger partial charge on any atom is -0.310 e. The van der Waals surface area contributed by atoms with Crippen LogP contribution < -0.4 is 5.32 Å². The predicted molar refractivity (Wildman–Crippen MR) is 87.2 cm³/mol. The Morgan fingerprint density at radius 3 is 2.24 bits per heavy atom. The maximum Gasteiger partial charge on any atom is 0.123 e. The topological polar surface area (TPSA) is 12.0 Å². The third-order valence-electron chi connectivity index (χ3n) is 3.83. The maximum atomic E-state index is 13.2. The quantitative estimate of drug-likeness (QED) is 0.843. The van der Waals surface area contributed by atoms with Crippen LogP contribution in [-0.4, -0.2) is 6.54 Å². The van der Waals surface area contributed by atoms with Gasteiger partial charge in [0.2, 0.25) is 0 Å². The van der Waals surface area contributed by atoms with Crippen LogP contribution in [0.5, 0.6) is 0 Å². The highest BCUT2D eigenvalue weighted by Gasteiger charge is 2.13. The van der Waals surface area contributed by atoms with Crippen LogP contribution in [0.15, 0.2) is 36.4 Å². The number of rotatable bonds is 5. The Morgan fingerprint density at radius 1 is 1.00 bits per heavy atom. The molecule has 0 spiro atoms. The highest BCUT2D eigenvalue weighted by molar-refractivity contribution is 5.34. The van der Waals surface area contributed by atoms with E-state index >= 15 is 0 Å². The zero-order chi connectivity index (χ0) is 15.4. The Bertz CT molecular complexity index is 599. The number of likely N-dealkylation sites (N-methyl/N-ethyl adjacent to an activating group) is 1. The van der Waals surface area contributed by atoms with Crippen molar-refractivity contribution >= 4 is 0 Å². The normalized spacial score (nSPS) is 12.4. The Hall–Kier alpha value is -1.67. The molecule has 2 aromatic rings. The Morgan fingerprint density at radius 2 is 1.67 bits per heavy atom. The number of halogens is 1. The van der Waals surface area contributed by atoms with Crippen molar-refractivity contribution in [3.05, 3.63) is 70.0 Å². The van der Waals surface area contributed by atoms with Crippen molar-refractivity contribution in [2.75, 3.05) is 6.54 Å². The summed E-state index contributed by atoms with van der Waals surface area (Å²) in [6.45, 7) is 9.26. The fraction of sp³-hybridized carbons (Fsp3) is 0.368. The third kappa shape index (κ3) is 4.15. The fourth-order valence-corrected chi connectivity index (χ4v) is 2.87. The Balaban J connectivity index is 2.30. The van der Waals surface area contributed by atoms with Gasteiger partial charge in [0.15, 0.2) is 0 Å². The molecule has 1 unspecified atom stereocenters. The van der Waals surface area contributed by atoms with Crippen molar-refractivity contribution in [3.63, 3.8) is 0 Å². The largest absolute Gasteiger partial charge is 0.310 e. The van der Waals surface area contributed by atoms with Gasteiger partial charge in [-0.3, -0.25) is 0 Å². The zero-order valence-electron chi connectivity index (χ0n) is 13.3. The van der Waals surface area contributed by atoms with Crippen molar-refractivity contribution in [2.24, 2.45) is 0 Å². The summed E-state index contributed by atoms with van der Waals surface area (Å²) in [5.74, 6) is -0.164. The van der Waals surface area contributed by atoms with Crippen LogP contribution in [0.3, 0.4) is 0 Å². The summed E-state index contributed by atoms with van der Waals surface area (Å²) < 4.78 is 13.2. The molecule has 0 saturated carbocycles. The summed E-state index contributed by atoms with van der Waals surface area (Å²) in [5, 5.41) is 3.55. The van der Waals surface area contributed by atoms with Gasteiger partial charge in [-0.25, -0.2) is 4.39 Å². The first-order chi connectivity index (χ1) is 9.99. The van der Waals surface area contributed by atoms with Crippen molar-refractivity contribution in [2.45, 2.75) is 40.2 Å². The minimum absolute atomic E-state index is 0.164. The van der Waals surface area contributed by atoms with Crippen LogP contribution in [0, 0.1) is 26.6 Å². The lowest BCUT2D eigenvalue weighted by atomic mass is 9.94. The van der Waals surface area contributed by atoms with Crippen LogP contribution in [0.2, 0.25) is 0 Å². The van der Waals surface area contributed by atoms with Gasteiger partial charge in [-0.1, -0.05) is 42.3 Å².